The SMILES string of the molecule is CN[C@@H](C)C(=O)N[C@H](C(=O)N1Cc2ccccc2C1C(=O)NCCc1ccccc1)C(C)C. The van der Waals surface area contributed by atoms with Gasteiger partial charge in [0.05, 0.1) is 6.04 Å². The first-order valence-corrected chi connectivity index (χ1v) is 11.5. The highest BCUT2D eigenvalue weighted by Gasteiger charge is 2.41. The number of fused-ring (bicyclic) bond motifs is 1. The normalized spacial score (nSPS) is 16.8. The van der Waals surface area contributed by atoms with Gasteiger partial charge in [-0.05, 0) is 43.0 Å². The monoisotopic (exact) mass is 450 g/mol. The van der Waals surface area contributed by atoms with Crippen molar-refractivity contribution in [2.75, 3.05) is 13.6 Å². The summed E-state index contributed by atoms with van der Waals surface area (Å²) in [5.74, 6) is -0.830. The second kappa shape index (κ2) is 11.1. The maximum absolute atomic E-state index is 13.6. The Labute approximate surface area is 195 Å². The lowest BCUT2D eigenvalue weighted by molar-refractivity contribution is -0.144. The Balaban J connectivity index is 1.78. The minimum absolute atomic E-state index is 0.129. The van der Waals surface area contributed by atoms with Crippen molar-refractivity contribution < 1.29 is 14.4 Å². The number of rotatable bonds is 9. The molecule has 0 saturated heterocycles. The minimum atomic E-state index is -0.720. The van der Waals surface area contributed by atoms with Gasteiger partial charge in [0, 0.05) is 13.1 Å². The van der Waals surface area contributed by atoms with E-state index in [0.29, 0.717) is 19.5 Å². The van der Waals surface area contributed by atoms with Crippen LogP contribution in [0.25, 0.3) is 0 Å². The average molecular weight is 451 g/mol. The fourth-order valence-corrected chi connectivity index (χ4v) is 4.05. The molecule has 0 spiro atoms. The third-order valence-electron chi connectivity index (χ3n) is 6.15. The summed E-state index contributed by atoms with van der Waals surface area (Å²) in [6.07, 6.45) is 0.710. The van der Waals surface area contributed by atoms with Crippen molar-refractivity contribution in [3.8, 4) is 0 Å². The van der Waals surface area contributed by atoms with E-state index in [2.05, 4.69) is 16.0 Å². The van der Waals surface area contributed by atoms with Crippen molar-refractivity contribution in [2.24, 2.45) is 5.92 Å². The number of amides is 3. The van der Waals surface area contributed by atoms with E-state index in [1.54, 1.807) is 18.9 Å². The highest BCUT2D eigenvalue weighted by molar-refractivity contribution is 5.94. The van der Waals surface area contributed by atoms with Crippen LogP contribution < -0.4 is 16.0 Å². The molecule has 3 atom stereocenters. The quantitative estimate of drug-likeness (QED) is 0.546. The summed E-state index contributed by atoms with van der Waals surface area (Å²) in [5, 5.41) is 8.77. The van der Waals surface area contributed by atoms with E-state index in [0.717, 1.165) is 16.7 Å². The maximum atomic E-state index is 13.6. The number of hydrogen-bond acceptors (Lipinski definition) is 4. The van der Waals surface area contributed by atoms with Crippen LogP contribution in [0.3, 0.4) is 0 Å². The lowest BCUT2D eigenvalue weighted by atomic mass is 10.0. The average Bonchev–Trinajstić information content (AvgIpc) is 3.21. The van der Waals surface area contributed by atoms with Gasteiger partial charge in [-0.3, -0.25) is 14.4 Å². The molecule has 1 heterocycles. The van der Waals surface area contributed by atoms with Crippen LogP contribution in [-0.4, -0.2) is 48.3 Å². The Hall–Kier alpha value is -3.19. The van der Waals surface area contributed by atoms with Crippen LogP contribution in [0, 0.1) is 5.92 Å². The zero-order valence-electron chi connectivity index (χ0n) is 19.8. The van der Waals surface area contributed by atoms with Crippen molar-refractivity contribution >= 4 is 17.7 Å². The van der Waals surface area contributed by atoms with E-state index in [-0.39, 0.29) is 23.6 Å². The van der Waals surface area contributed by atoms with Crippen LogP contribution >= 0.6 is 0 Å². The van der Waals surface area contributed by atoms with Gasteiger partial charge in [-0.15, -0.1) is 0 Å². The Morgan fingerprint density at radius 1 is 1.00 bits per heavy atom. The summed E-state index contributed by atoms with van der Waals surface area (Å²) >= 11 is 0. The first-order valence-electron chi connectivity index (χ1n) is 11.5. The van der Waals surface area contributed by atoms with E-state index < -0.39 is 18.1 Å². The Kier molecular flexibility index (Phi) is 8.22. The standard InChI is InChI=1S/C26H34N4O3/c1-17(2)22(29-24(31)18(3)27-4)26(33)30-16-20-12-8-9-13-21(20)23(30)25(32)28-15-14-19-10-6-5-7-11-19/h5-13,17-18,22-23,27H,14-16H2,1-4H3,(H,28,32)(H,29,31)/t18-,22-,23?/m0/s1. The molecule has 7 nitrogen and oxygen atoms in total. The molecular formula is C26H34N4O3. The summed E-state index contributed by atoms with van der Waals surface area (Å²) in [7, 11) is 1.70. The Morgan fingerprint density at radius 2 is 1.67 bits per heavy atom. The number of hydrogen-bond donors (Lipinski definition) is 3. The van der Waals surface area contributed by atoms with Crippen LogP contribution in [-0.2, 0) is 27.3 Å². The van der Waals surface area contributed by atoms with Crippen LogP contribution in [0.2, 0.25) is 0 Å². The van der Waals surface area contributed by atoms with Gasteiger partial charge in [-0.25, -0.2) is 0 Å². The zero-order chi connectivity index (χ0) is 24.0. The molecule has 7 heteroatoms. The van der Waals surface area contributed by atoms with E-state index >= 15 is 0 Å². The first-order chi connectivity index (χ1) is 15.8. The fraction of sp³-hybridized carbons (Fsp3) is 0.423. The molecule has 2 aromatic rings. The van der Waals surface area contributed by atoms with Crippen LogP contribution in [0.4, 0.5) is 0 Å². The number of nitrogens with one attached hydrogen (secondary N) is 3. The van der Waals surface area contributed by atoms with Crippen molar-refractivity contribution in [1.82, 2.24) is 20.9 Å². The molecule has 0 aromatic heterocycles. The molecule has 3 N–H and O–H groups in total. The summed E-state index contributed by atoms with van der Waals surface area (Å²) in [6, 6.07) is 15.7. The number of benzene rings is 2. The molecular weight excluding hydrogens is 416 g/mol. The van der Waals surface area contributed by atoms with Gasteiger partial charge in [0.1, 0.15) is 12.1 Å². The number of likely N-dealkylation sites (N-methyl/N-ethyl adjacent to an activating group) is 1. The Morgan fingerprint density at radius 3 is 2.33 bits per heavy atom. The molecule has 3 rings (SSSR count). The lowest BCUT2D eigenvalue weighted by Gasteiger charge is -2.31. The predicted molar refractivity (Wildman–Crippen MR) is 128 cm³/mol. The molecule has 1 aliphatic rings. The van der Waals surface area contributed by atoms with E-state index in [1.807, 2.05) is 68.4 Å². The highest BCUT2D eigenvalue weighted by atomic mass is 16.2. The van der Waals surface area contributed by atoms with Crippen molar-refractivity contribution in [3.63, 3.8) is 0 Å². The second-order valence-electron chi connectivity index (χ2n) is 8.83. The molecule has 33 heavy (non-hydrogen) atoms. The summed E-state index contributed by atoms with van der Waals surface area (Å²) < 4.78 is 0. The number of carbonyl (C=O) groups excluding carboxylic acids is 3. The van der Waals surface area contributed by atoms with E-state index in [4.69, 9.17) is 0 Å². The van der Waals surface area contributed by atoms with E-state index in [1.165, 1.54) is 0 Å². The smallest absolute Gasteiger partial charge is 0.247 e. The number of carbonyl (C=O) groups is 3. The van der Waals surface area contributed by atoms with Gasteiger partial charge in [-0.1, -0.05) is 68.4 Å². The fourth-order valence-electron chi connectivity index (χ4n) is 4.05. The molecule has 2 aromatic carbocycles. The molecule has 0 bridgehead atoms. The summed E-state index contributed by atoms with van der Waals surface area (Å²) in [5.41, 5.74) is 2.92. The van der Waals surface area contributed by atoms with Crippen molar-refractivity contribution in [3.05, 3.63) is 71.3 Å². The molecule has 1 unspecified atom stereocenters. The molecule has 3 amide bonds. The summed E-state index contributed by atoms with van der Waals surface area (Å²) in [6.45, 7) is 6.35. The largest absolute Gasteiger partial charge is 0.354 e. The van der Waals surface area contributed by atoms with E-state index in [9.17, 15) is 14.4 Å². The minimum Gasteiger partial charge on any atom is -0.354 e. The predicted octanol–water partition coefficient (Wildman–Crippen LogP) is 2.18. The van der Waals surface area contributed by atoms with Gasteiger partial charge in [0.15, 0.2) is 0 Å². The van der Waals surface area contributed by atoms with Crippen molar-refractivity contribution in [2.45, 2.75) is 51.9 Å². The van der Waals surface area contributed by atoms with Gasteiger partial charge >= 0.3 is 0 Å². The van der Waals surface area contributed by atoms with Gasteiger partial charge < -0.3 is 20.9 Å². The summed E-state index contributed by atoms with van der Waals surface area (Å²) in [4.78, 5) is 41.0. The second-order valence-corrected chi connectivity index (χ2v) is 8.83. The van der Waals surface area contributed by atoms with Gasteiger partial charge in [0.2, 0.25) is 17.7 Å². The molecule has 1 aliphatic heterocycles. The topological polar surface area (TPSA) is 90.5 Å². The first kappa shape index (κ1) is 24.5. The highest BCUT2D eigenvalue weighted by Crippen LogP contribution is 2.34. The van der Waals surface area contributed by atoms with Crippen LogP contribution in [0.15, 0.2) is 54.6 Å². The van der Waals surface area contributed by atoms with Crippen LogP contribution in [0.1, 0.15) is 43.5 Å². The molecule has 176 valence electrons. The van der Waals surface area contributed by atoms with Gasteiger partial charge in [0.25, 0.3) is 0 Å². The van der Waals surface area contributed by atoms with Gasteiger partial charge in [-0.2, -0.15) is 0 Å². The third-order valence-corrected chi connectivity index (χ3v) is 6.15. The maximum Gasteiger partial charge on any atom is 0.247 e. The molecule has 0 fully saturated rings. The lowest BCUT2D eigenvalue weighted by Crippen LogP contribution is -2.55. The molecule has 0 radical (unpaired) electrons. The Bertz CT molecular complexity index is 977. The molecule has 0 saturated carbocycles. The van der Waals surface area contributed by atoms with Crippen LogP contribution in [0.5, 0.6) is 0 Å². The zero-order valence-corrected chi connectivity index (χ0v) is 19.8. The van der Waals surface area contributed by atoms with Crippen molar-refractivity contribution in [1.29, 1.82) is 0 Å². The molecule has 0 aliphatic carbocycles. The third kappa shape index (κ3) is 5.79. The number of nitrogens with zero attached hydrogens (tertiary/aromatic N) is 1.